The zero-order valence-corrected chi connectivity index (χ0v) is 10.0. The number of nitrogens with zero attached hydrogens (tertiary/aromatic N) is 3. The molecule has 0 amide bonds. The molecule has 1 saturated heterocycles. The topological polar surface area (TPSA) is 52.0 Å². The van der Waals surface area contributed by atoms with Crippen molar-refractivity contribution in [1.29, 1.82) is 0 Å². The maximum Gasteiger partial charge on any atom is 0.0692 e. The first-order valence-electron chi connectivity index (χ1n) is 5.87. The van der Waals surface area contributed by atoms with Gasteiger partial charge in [-0.15, -0.1) is 5.10 Å². The summed E-state index contributed by atoms with van der Waals surface area (Å²) in [5.74, 6) is 0. The van der Waals surface area contributed by atoms with Gasteiger partial charge < -0.3 is 10.1 Å². The molecule has 1 atom stereocenters. The first kappa shape index (κ1) is 11.5. The maximum atomic E-state index is 5.68. The zero-order chi connectivity index (χ0) is 11.4. The van der Waals surface area contributed by atoms with E-state index in [-0.39, 0.29) is 5.60 Å². The van der Waals surface area contributed by atoms with Crippen LogP contribution in [0.2, 0.25) is 0 Å². The molecule has 1 aliphatic rings. The Morgan fingerprint density at radius 1 is 1.56 bits per heavy atom. The van der Waals surface area contributed by atoms with Crippen LogP contribution in [0.3, 0.4) is 0 Å². The third-order valence-electron chi connectivity index (χ3n) is 2.94. The molecule has 16 heavy (non-hydrogen) atoms. The van der Waals surface area contributed by atoms with Gasteiger partial charge in [-0.1, -0.05) is 5.21 Å². The lowest BCUT2D eigenvalue weighted by molar-refractivity contribution is -0.0628. The fraction of sp³-hybridized carbons (Fsp3) is 0.818. The number of aromatic nitrogens is 3. The summed E-state index contributed by atoms with van der Waals surface area (Å²) < 4.78 is 7.52. The van der Waals surface area contributed by atoms with Gasteiger partial charge in [0.1, 0.15) is 0 Å². The zero-order valence-electron chi connectivity index (χ0n) is 10.0. The van der Waals surface area contributed by atoms with Gasteiger partial charge in [0.25, 0.3) is 0 Å². The molecule has 5 heteroatoms. The van der Waals surface area contributed by atoms with Gasteiger partial charge in [-0.05, 0) is 26.7 Å². The van der Waals surface area contributed by atoms with Crippen molar-refractivity contribution in [3.63, 3.8) is 0 Å². The molecule has 1 aromatic heterocycles. The summed E-state index contributed by atoms with van der Waals surface area (Å²) >= 11 is 0. The van der Waals surface area contributed by atoms with Crippen molar-refractivity contribution in [3.05, 3.63) is 12.4 Å². The number of ether oxygens (including phenoxy) is 1. The molecule has 0 aliphatic carbocycles. The average molecular weight is 224 g/mol. The van der Waals surface area contributed by atoms with E-state index in [1.807, 2.05) is 10.9 Å². The molecule has 0 aromatic carbocycles. The van der Waals surface area contributed by atoms with Crippen LogP contribution < -0.4 is 5.32 Å². The highest BCUT2D eigenvalue weighted by Gasteiger charge is 2.28. The summed E-state index contributed by atoms with van der Waals surface area (Å²) in [5.41, 5.74) is 0.0170. The third-order valence-corrected chi connectivity index (χ3v) is 2.94. The fourth-order valence-corrected chi connectivity index (χ4v) is 2.14. The number of rotatable bonds is 4. The molecule has 1 fully saturated rings. The molecule has 1 aromatic rings. The van der Waals surface area contributed by atoms with Crippen molar-refractivity contribution in [3.8, 4) is 0 Å². The number of hydrogen-bond acceptors (Lipinski definition) is 4. The van der Waals surface area contributed by atoms with Gasteiger partial charge in [-0.3, -0.25) is 4.68 Å². The molecule has 0 saturated carbocycles. The quantitative estimate of drug-likeness (QED) is 0.823. The van der Waals surface area contributed by atoms with E-state index in [9.17, 15) is 0 Å². The van der Waals surface area contributed by atoms with Gasteiger partial charge in [0, 0.05) is 25.4 Å². The highest BCUT2D eigenvalue weighted by Crippen LogP contribution is 2.23. The summed E-state index contributed by atoms with van der Waals surface area (Å²) in [6.45, 7) is 6.96. The highest BCUT2D eigenvalue weighted by molar-refractivity contribution is 4.82. The lowest BCUT2D eigenvalue weighted by Crippen LogP contribution is -2.44. The predicted molar refractivity (Wildman–Crippen MR) is 61.1 cm³/mol. The monoisotopic (exact) mass is 224 g/mol. The Morgan fingerprint density at radius 3 is 3.12 bits per heavy atom. The van der Waals surface area contributed by atoms with E-state index in [0.717, 1.165) is 32.5 Å². The van der Waals surface area contributed by atoms with Crippen LogP contribution in [0.1, 0.15) is 26.7 Å². The molecular weight excluding hydrogens is 204 g/mol. The smallest absolute Gasteiger partial charge is 0.0692 e. The average Bonchev–Trinajstić information content (AvgIpc) is 2.69. The lowest BCUT2D eigenvalue weighted by Gasteiger charge is -2.35. The van der Waals surface area contributed by atoms with Gasteiger partial charge >= 0.3 is 0 Å². The van der Waals surface area contributed by atoms with Crippen LogP contribution in [0, 0.1) is 0 Å². The van der Waals surface area contributed by atoms with Gasteiger partial charge in [0.05, 0.1) is 18.3 Å². The van der Waals surface area contributed by atoms with E-state index in [1.165, 1.54) is 0 Å². The van der Waals surface area contributed by atoms with E-state index >= 15 is 0 Å². The normalized spacial score (nSPS) is 24.5. The van der Waals surface area contributed by atoms with E-state index in [0.29, 0.717) is 6.04 Å². The van der Waals surface area contributed by atoms with Crippen molar-refractivity contribution >= 4 is 0 Å². The summed E-state index contributed by atoms with van der Waals surface area (Å²) in [4.78, 5) is 0. The first-order chi connectivity index (χ1) is 7.66. The molecule has 1 aliphatic heterocycles. The van der Waals surface area contributed by atoms with Crippen molar-refractivity contribution in [2.24, 2.45) is 0 Å². The standard InChI is InChI=1S/C11H20N4O/c1-11(2)9-10(3-8-16-11)12-4-6-15-7-5-13-14-15/h5,7,10,12H,3-4,6,8-9H2,1-2H3. The summed E-state index contributed by atoms with van der Waals surface area (Å²) in [6, 6.07) is 0.562. The van der Waals surface area contributed by atoms with Crippen LogP contribution in [-0.4, -0.2) is 39.8 Å². The van der Waals surface area contributed by atoms with Crippen LogP contribution in [0.4, 0.5) is 0 Å². The van der Waals surface area contributed by atoms with Gasteiger partial charge in [-0.25, -0.2) is 0 Å². The van der Waals surface area contributed by atoms with Crippen LogP contribution in [0.5, 0.6) is 0 Å². The fourth-order valence-electron chi connectivity index (χ4n) is 2.14. The number of nitrogens with one attached hydrogen (secondary N) is 1. The molecule has 5 nitrogen and oxygen atoms in total. The summed E-state index contributed by atoms with van der Waals surface area (Å²) in [7, 11) is 0. The predicted octanol–water partition coefficient (Wildman–Crippen LogP) is 0.825. The Kier molecular flexibility index (Phi) is 3.56. The van der Waals surface area contributed by atoms with E-state index in [2.05, 4.69) is 29.5 Å². The SMILES string of the molecule is CC1(C)CC(NCCn2ccnn2)CCO1. The van der Waals surface area contributed by atoms with Gasteiger partial charge in [0.15, 0.2) is 0 Å². The van der Waals surface area contributed by atoms with E-state index in [4.69, 9.17) is 4.74 Å². The molecule has 1 unspecified atom stereocenters. The second kappa shape index (κ2) is 4.93. The minimum Gasteiger partial charge on any atom is -0.375 e. The van der Waals surface area contributed by atoms with Crippen LogP contribution in [0.25, 0.3) is 0 Å². The van der Waals surface area contributed by atoms with Gasteiger partial charge in [0.2, 0.25) is 0 Å². The molecular formula is C11H20N4O. The second-order valence-corrected chi connectivity index (χ2v) is 4.92. The minimum atomic E-state index is 0.0170. The van der Waals surface area contributed by atoms with Gasteiger partial charge in [-0.2, -0.15) is 0 Å². The minimum absolute atomic E-state index is 0.0170. The molecule has 0 spiro atoms. The van der Waals surface area contributed by atoms with Crippen molar-refractivity contribution in [1.82, 2.24) is 20.3 Å². The van der Waals surface area contributed by atoms with Crippen LogP contribution >= 0.6 is 0 Å². The van der Waals surface area contributed by atoms with Crippen molar-refractivity contribution in [2.75, 3.05) is 13.2 Å². The summed E-state index contributed by atoms with van der Waals surface area (Å²) in [5, 5.41) is 11.3. The Balaban J connectivity index is 1.70. The largest absolute Gasteiger partial charge is 0.375 e. The van der Waals surface area contributed by atoms with Crippen molar-refractivity contribution < 1.29 is 4.74 Å². The molecule has 1 N–H and O–H groups in total. The lowest BCUT2D eigenvalue weighted by atomic mass is 9.94. The third kappa shape index (κ3) is 3.28. The first-order valence-corrected chi connectivity index (χ1v) is 5.87. The molecule has 0 bridgehead atoms. The Morgan fingerprint density at radius 2 is 2.44 bits per heavy atom. The molecule has 90 valence electrons. The van der Waals surface area contributed by atoms with E-state index in [1.54, 1.807) is 6.20 Å². The van der Waals surface area contributed by atoms with E-state index < -0.39 is 0 Å². The molecule has 2 rings (SSSR count). The van der Waals surface area contributed by atoms with Crippen LogP contribution in [-0.2, 0) is 11.3 Å². The number of hydrogen-bond donors (Lipinski definition) is 1. The maximum absolute atomic E-state index is 5.68. The Labute approximate surface area is 96.2 Å². The van der Waals surface area contributed by atoms with Crippen molar-refractivity contribution in [2.45, 2.75) is 44.9 Å². The van der Waals surface area contributed by atoms with Crippen LogP contribution in [0.15, 0.2) is 12.4 Å². The molecule has 0 radical (unpaired) electrons. The summed E-state index contributed by atoms with van der Waals surface area (Å²) in [6.07, 6.45) is 5.76. The Bertz CT molecular complexity index is 310. The highest BCUT2D eigenvalue weighted by atomic mass is 16.5. The Hall–Kier alpha value is -0.940. The second-order valence-electron chi connectivity index (χ2n) is 4.92. The molecule has 2 heterocycles.